The molecule has 3 atom stereocenters. The normalized spacial score (nSPS) is 19.0. The molecular formula is C9H19NO. The van der Waals surface area contributed by atoms with Crippen LogP contribution in [0, 0.1) is 11.8 Å². The van der Waals surface area contributed by atoms with Gasteiger partial charge in [0.05, 0.1) is 0 Å². The van der Waals surface area contributed by atoms with Crippen LogP contribution in [-0.4, -0.2) is 11.8 Å². The highest BCUT2D eigenvalue weighted by Crippen LogP contribution is 2.14. The van der Waals surface area contributed by atoms with Crippen LogP contribution < -0.4 is 5.73 Å². The molecule has 2 heteroatoms. The third-order valence-corrected chi connectivity index (χ3v) is 2.32. The average molecular weight is 157 g/mol. The molecule has 11 heavy (non-hydrogen) atoms. The van der Waals surface area contributed by atoms with Crippen LogP contribution in [-0.2, 0) is 4.79 Å². The molecule has 0 aliphatic carbocycles. The van der Waals surface area contributed by atoms with Crippen molar-refractivity contribution in [3.63, 3.8) is 0 Å². The summed E-state index contributed by atoms with van der Waals surface area (Å²) in [5.41, 5.74) is 5.67. The van der Waals surface area contributed by atoms with Gasteiger partial charge in [0.1, 0.15) is 5.78 Å². The van der Waals surface area contributed by atoms with Crippen molar-refractivity contribution in [3.8, 4) is 0 Å². The average Bonchev–Trinajstić information content (AvgIpc) is 1.87. The second-order valence-electron chi connectivity index (χ2n) is 3.58. The molecule has 0 aromatic rings. The highest BCUT2D eigenvalue weighted by molar-refractivity contribution is 5.77. The van der Waals surface area contributed by atoms with Crippen LogP contribution in [0.15, 0.2) is 0 Å². The maximum absolute atomic E-state index is 10.9. The van der Waals surface area contributed by atoms with Crippen LogP contribution in [0.3, 0.4) is 0 Å². The lowest BCUT2D eigenvalue weighted by Crippen LogP contribution is -2.26. The van der Waals surface area contributed by atoms with Gasteiger partial charge in [0.15, 0.2) is 0 Å². The highest BCUT2D eigenvalue weighted by Gasteiger charge is 2.14. The molecule has 0 bridgehead atoms. The topological polar surface area (TPSA) is 43.1 Å². The van der Waals surface area contributed by atoms with Crippen molar-refractivity contribution in [2.45, 2.75) is 40.2 Å². The fraction of sp³-hybridized carbons (Fsp3) is 0.889. The molecule has 0 saturated heterocycles. The fourth-order valence-corrected chi connectivity index (χ4v) is 0.938. The predicted octanol–water partition coefficient (Wildman–Crippen LogP) is 1.58. The second kappa shape index (κ2) is 4.50. The largest absolute Gasteiger partial charge is 0.328 e. The summed E-state index contributed by atoms with van der Waals surface area (Å²) in [6.45, 7) is 7.67. The van der Waals surface area contributed by atoms with Crippen molar-refractivity contribution in [2.75, 3.05) is 0 Å². The number of Topliss-reactive ketones (excluding diaryl/α,β-unsaturated/α-hetero) is 1. The Hall–Kier alpha value is -0.370. The third-order valence-electron chi connectivity index (χ3n) is 2.32. The van der Waals surface area contributed by atoms with Crippen molar-refractivity contribution >= 4 is 5.78 Å². The van der Waals surface area contributed by atoms with E-state index in [0.717, 1.165) is 6.42 Å². The Bertz CT molecular complexity index is 132. The van der Waals surface area contributed by atoms with Crippen LogP contribution in [0.5, 0.6) is 0 Å². The Morgan fingerprint density at radius 1 is 1.36 bits per heavy atom. The van der Waals surface area contributed by atoms with E-state index in [1.807, 2.05) is 13.8 Å². The van der Waals surface area contributed by atoms with Crippen molar-refractivity contribution in [3.05, 3.63) is 0 Å². The zero-order valence-corrected chi connectivity index (χ0v) is 7.92. The van der Waals surface area contributed by atoms with E-state index in [1.165, 1.54) is 0 Å². The van der Waals surface area contributed by atoms with Gasteiger partial charge in [-0.25, -0.2) is 0 Å². The molecule has 0 aliphatic heterocycles. The van der Waals surface area contributed by atoms with Crippen LogP contribution >= 0.6 is 0 Å². The molecule has 0 heterocycles. The third kappa shape index (κ3) is 4.14. The fourth-order valence-electron chi connectivity index (χ4n) is 0.938. The lowest BCUT2D eigenvalue weighted by Gasteiger charge is -2.18. The zero-order chi connectivity index (χ0) is 9.02. The molecule has 2 N–H and O–H groups in total. The maximum atomic E-state index is 10.9. The van der Waals surface area contributed by atoms with E-state index in [9.17, 15) is 4.79 Å². The highest BCUT2D eigenvalue weighted by atomic mass is 16.1. The van der Waals surface area contributed by atoms with Crippen LogP contribution in [0.25, 0.3) is 0 Å². The lowest BCUT2D eigenvalue weighted by atomic mass is 9.90. The predicted molar refractivity (Wildman–Crippen MR) is 47.3 cm³/mol. The molecule has 0 spiro atoms. The number of hydrogen-bond donors (Lipinski definition) is 1. The summed E-state index contributed by atoms with van der Waals surface area (Å²) in [6, 6.07) is 0.191. The van der Waals surface area contributed by atoms with Gasteiger partial charge in [-0.1, -0.05) is 13.8 Å². The van der Waals surface area contributed by atoms with Gasteiger partial charge in [-0.15, -0.1) is 0 Å². The van der Waals surface area contributed by atoms with Crippen molar-refractivity contribution in [1.29, 1.82) is 0 Å². The quantitative estimate of drug-likeness (QED) is 0.673. The van der Waals surface area contributed by atoms with Crippen molar-refractivity contribution < 1.29 is 4.79 Å². The van der Waals surface area contributed by atoms with Gasteiger partial charge in [0.25, 0.3) is 0 Å². The summed E-state index contributed by atoms with van der Waals surface area (Å²) < 4.78 is 0. The number of carbonyl (C=O) groups is 1. The Morgan fingerprint density at radius 3 is 2.09 bits per heavy atom. The summed E-state index contributed by atoms with van der Waals surface area (Å²) in [6.07, 6.45) is 0.910. The minimum Gasteiger partial charge on any atom is -0.328 e. The molecule has 0 saturated carbocycles. The summed E-state index contributed by atoms with van der Waals surface area (Å²) in [7, 11) is 0. The first-order chi connectivity index (χ1) is 4.95. The Labute approximate surface area is 69.2 Å². The molecule has 0 fully saturated rings. The first kappa shape index (κ1) is 10.6. The minimum atomic E-state index is 0.163. The molecule has 0 rings (SSSR count). The van der Waals surface area contributed by atoms with Crippen molar-refractivity contribution in [2.24, 2.45) is 17.6 Å². The Morgan fingerprint density at radius 2 is 1.82 bits per heavy atom. The summed E-state index contributed by atoms with van der Waals surface area (Å²) in [4.78, 5) is 10.9. The Balaban J connectivity index is 3.75. The van der Waals surface area contributed by atoms with Crippen LogP contribution in [0.4, 0.5) is 0 Å². The van der Waals surface area contributed by atoms with Crippen LogP contribution in [0.2, 0.25) is 0 Å². The molecule has 0 amide bonds. The first-order valence-corrected chi connectivity index (χ1v) is 4.21. The van der Waals surface area contributed by atoms with E-state index in [2.05, 4.69) is 6.92 Å². The molecule has 0 aromatic heterocycles. The van der Waals surface area contributed by atoms with E-state index >= 15 is 0 Å². The summed E-state index contributed by atoms with van der Waals surface area (Å²) >= 11 is 0. The smallest absolute Gasteiger partial charge is 0.132 e. The standard InChI is InChI=1S/C9H19NO/c1-6(8(3)10)5-7(2)9(4)11/h6-8H,5,10H2,1-4H3. The van der Waals surface area contributed by atoms with Gasteiger partial charge in [-0.3, -0.25) is 4.79 Å². The number of nitrogens with two attached hydrogens (primary N) is 1. The van der Waals surface area contributed by atoms with E-state index in [1.54, 1.807) is 6.92 Å². The Kier molecular flexibility index (Phi) is 4.34. The van der Waals surface area contributed by atoms with Gasteiger partial charge in [0.2, 0.25) is 0 Å². The number of rotatable bonds is 4. The van der Waals surface area contributed by atoms with Gasteiger partial charge in [0, 0.05) is 12.0 Å². The molecule has 3 unspecified atom stereocenters. The van der Waals surface area contributed by atoms with E-state index < -0.39 is 0 Å². The molecule has 0 aliphatic rings. The van der Waals surface area contributed by atoms with Gasteiger partial charge < -0.3 is 5.73 Å². The minimum absolute atomic E-state index is 0.163. The maximum Gasteiger partial charge on any atom is 0.132 e. The first-order valence-electron chi connectivity index (χ1n) is 4.21. The van der Waals surface area contributed by atoms with Crippen molar-refractivity contribution in [1.82, 2.24) is 0 Å². The summed E-state index contributed by atoms with van der Waals surface area (Å²) in [5, 5.41) is 0. The second-order valence-corrected chi connectivity index (χ2v) is 3.58. The number of hydrogen-bond acceptors (Lipinski definition) is 2. The molecule has 2 nitrogen and oxygen atoms in total. The molecule has 0 radical (unpaired) electrons. The van der Waals surface area contributed by atoms with Gasteiger partial charge in [-0.05, 0) is 26.2 Å². The van der Waals surface area contributed by atoms with E-state index in [4.69, 9.17) is 5.73 Å². The van der Waals surface area contributed by atoms with Gasteiger partial charge in [-0.2, -0.15) is 0 Å². The number of ketones is 1. The lowest BCUT2D eigenvalue weighted by molar-refractivity contribution is -0.120. The SMILES string of the molecule is CC(=O)C(C)CC(C)C(C)N. The van der Waals surface area contributed by atoms with E-state index in [0.29, 0.717) is 5.92 Å². The molecular weight excluding hydrogens is 138 g/mol. The monoisotopic (exact) mass is 157 g/mol. The summed E-state index contributed by atoms with van der Waals surface area (Å²) in [5.74, 6) is 0.863. The molecule has 66 valence electrons. The zero-order valence-electron chi connectivity index (χ0n) is 7.92. The molecule has 0 aromatic carbocycles. The number of carbonyl (C=O) groups excluding carboxylic acids is 1. The van der Waals surface area contributed by atoms with Crippen LogP contribution in [0.1, 0.15) is 34.1 Å². The van der Waals surface area contributed by atoms with Gasteiger partial charge >= 0.3 is 0 Å². The van der Waals surface area contributed by atoms with E-state index in [-0.39, 0.29) is 17.7 Å².